The third-order valence-corrected chi connectivity index (χ3v) is 4.67. The molecule has 0 aliphatic heterocycles. The highest BCUT2D eigenvalue weighted by Gasteiger charge is 2.23. The molecule has 1 heterocycles. The Morgan fingerprint density at radius 2 is 2.08 bits per heavy atom. The van der Waals surface area contributed by atoms with E-state index < -0.39 is 0 Å². The van der Waals surface area contributed by atoms with E-state index in [2.05, 4.69) is 48.4 Å². The van der Waals surface area contributed by atoms with Crippen molar-refractivity contribution >= 4 is 33.4 Å². The average molecular weight is 400 g/mol. The average Bonchev–Trinajstić information content (AvgIpc) is 3.44. The Balaban J connectivity index is 1.79. The van der Waals surface area contributed by atoms with Gasteiger partial charge >= 0.3 is 0 Å². The number of hydrogen-bond acceptors (Lipinski definition) is 5. The highest BCUT2D eigenvalue weighted by atomic mass is 79.9. The highest BCUT2D eigenvalue weighted by molar-refractivity contribution is 9.10. The van der Waals surface area contributed by atoms with Gasteiger partial charge < -0.3 is 16.0 Å². The van der Waals surface area contributed by atoms with Crippen LogP contribution in [-0.4, -0.2) is 17.0 Å². The van der Waals surface area contributed by atoms with E-state index in [0.29, 0.717) is 17.7 Å². The molecule has 1 aliphatic carbocycles. The van der Waals surface area contributed by atoms with Crippen molar-refractivity contribution in [2.45, 2.75) is 19.8 Å². The summed E-state index contributed by atoms with van der Waals surface area (Å²) < 4.78 is 0.793. The van der Waals surface area contributed by atoms with Crippen LogP contribution in [0.5, 0.6) is 0 Å². The third kappa shape index (κ3) is 4.60. The number of nitrogens with zero attached hydrogens (tertiary/aromatic N) is 2. The van der Waals surface area contributed by atoms with Gasteiger partial charge in [0.1, 0.15) is 5.82 Å². The highest BCUT2D eigenvalue weighted by Crippen LogP contribution is 2.36. The minimum atomic E-state index is 0.538. The van der Waals surface area contributed by atoms with Crippen LogP contribution in [-0.2, 0) is 0 Å². The molecule has 1 fully saturated rings. The fourth-order valence-electron chi connectivity index (χ4n) is 2.40. The Labute approximate surface area is 156 Å². The predicted octanol–water partition coefficient (Wildman–Crippen LogP) is 4.73. The Morgan fingerprint density at radius 3 is 2.76 bits per heavy atom. The van der Waals surface area contributed by atoms with Crippen molar-refractivity contribution in [2.24, 2.45) is 5.92 Å². The van der Waals surface area contributed by atoms with Crippen molar-refractivity contribution in [3.05, 3.63) is 64.5 Å². The van der Waals surface area contributed by atoms with E-state index in [1.54, 1.807) is 6.20 Å². The molecule has 5 nitrogen and oxygen atoms in total. The molecule has 25 heavy (non-hydrogen) atoms. The van der Waals surface area contributed by atoms with E-state index in [4.69, 9.17) is 0 Å². The molecular formula is C19H22BrN5. The first-order chi connectivity index (χ1) is 12.1. The molecule has 3 rings (SSSR count). The predicted molar refractivity (Wildman–Crippen MR) is 107 cm³/mol. The van der Waals surface area contributed by atoms with Gasteiger partial charge in [-0.3, -0.25) is 0 Å². The SMILES string of the molecule is C=C(/C=C(\NC)Nc1nc(Nc2ccccc2C)ncc1Br)C1CC1. The van der Waals surface area contributed by atoms with Gasteiger partial charge in [-0.1, -0.05) is 24.8 Å². The summed E-state index contributed by atoms with van der Waals surface area (Å²) in [5.74, 6) is 2.71. The largest absolute Gasteiger partial charge is 0.375 e. The van der Waals surface area contributed by atoms with E-state index >= 15 is 0 Å². The van der Waals surface area contributed by atoms with Crippen molar-refractivity contribution < 1.29 is 0 Å². The first-order valence-electron chi connectivity index (χ1n) is 8.27. The molecule has 0 saturated heterocycles. The zero-order valence-corrected chi connectivity index (χ0v) is 16.0. The van der Waals surface area contributed by atoms with E-state index in [-0.39, 0.29) is 0 Å². The van der Waals surface area contributed by atoms with E-state index in [0.717, 1.165) is 27.1 Å². The maximum absolute atomic E-state index is 4.57. The van der Waals surface area contributed by atoms with Crippen LogP contribution in [0, 0.1) is 12.8 Å². The quantitative estimate of drug-likeness (QED) is 0.587. The summed E-state index contributed by atoms with van der Waals surface area (Å²) in [6, 6.07) is 8.05. The summed E-state index contributed by atoms with van der Waals surface area (Å²) in [6.07, 6.45) is 6.24. The zero-order valence-electron chi connectivity index (χ0n) is 14.4. The molecule has 0 radical (unpaired) electrons. The standard InChI is InChI=1S/C19H22BrN5/c1-12-6-4-5-7-16(12)23-19-22-11-15(20)18(25-19)24-17(21-3)10-13(2)14-8-9-14/h4-7,10-11,14,21H,2,8-9H2,1,3H3,(H2,22,23,24,25)/b17-10+. The van der Waals surface area contributed by atoms with Crippen LogP contribution in [0.15, 0.2) is 59.0 Å². The topological polar surface area (TPSA) is 61.9 Å². The van der Waals surface area contributed by atoms with Crippen molar-refractivity contribution in [3.8, 4) is 0 Å². The lowest BCUT2D eigenvalue weighted by Crippen LogP contribution is -2.16. The van der Waals surface area contributed by atoms with E-state index in [1.165, 1.54) is 12.8 Å². The number of allylic oxidation sites excluding steroid dienone is 2. The lowest BCUT2D eigenvalue weighted by molar-refractivity contribution is 0.963. The van der Waals surface area contributed by atoms with Crippen molar-refractivity contribution in [1.29, 1.82) is 0 Å². The van der Waals surface area contributed by atoms with Crippen LogP contribution in [0.3, 0.4) is 0 Å². The fraction of sp³-hybridized carbons (Fsp3) is 0.263. The van der Waals surface area contributed by atoms with Gasteiger partial charge in [0.05, 0.1) is 4.47 Å². The van der Waals surface area contributed by atoms with Crippen LogP contribution in [0.4, 0.5) is 17.5 Å². The molecule has 1 aromatic carbocycles. The minimum Gasteiger partial charge on any atom is -0.375 e. The maximum atomic E-state index is 4.57. The summed E-state index contributed by atoms with van der Waals surface area (Å²) >= 11 is 3.50. The summed E-state index contributed by atoms with van der Waals surface area (Å²) in [6.45, 7) is 6.19. The van der Waals surface area contributed by atoms with E-state index in [9.17, 15) is 0 Å². The second-order valence-corrected chi connectivity index (χ2v) is 6.97. The molecule has 2 aromatic rings. The van der Waals surface area contributed by atoms with Crippen molar-refractivity contribution in [2.75, 3.05) is 17.7 Å². The summed E-state index contributed by atoms with van der Waals surface area (Å²) in [5, 5.41) is 9.72. The summed E-state index contributed by atoms with van der Waals surface area (Å²) in [5.41, 5.74) is 3.27. The molecule has 0 amide bonds. The van der Waals surface area contributed by atoms with Crippen LogP contribution >= 0.6 is 15.9 Å². The van der Waals surface area contributed by atoms with Gasteiger partial charge in [-0.25, -0.2) is 4.98 Å². The number of nitrogens with one attached hydrogen (secondary N) is 3. The number of aromatic nitrogens is 2. The Morgan fingerprint density at radius 1 is 1.32 bits per heavy atom. The number of benzene rings is 1. The molecule has 1 aromatic heterocycles. The van der Waals surface area contributed by atoms with Gasteiger partial charge in [-0.15, -0.1) is 0 Å². The number of halogens is 1. The fourth-order valence-corrected chi connectivity index (χ4v) is 2.69. The van der Waals surface area contributed by atoms with Crippen LogP contribution < -0.4 is 16.0 Å². The number of para-hydroxylation sites is 1. The zero-order chi connectivity index (χ0) is 17.8. The lowest BCUT2D eigenvalue weighted by Gasteiger charge is -2.14. The molecule has 1 saturated carbocycles. The van der Waals surface area contributed by atoms with Crippen LogP contribution in [0.25, 0.3) is 0 Å². The Kier molecular flexibility index (Phi) is 5.38. The van der Waals surface area contributed by atoms with Gasteiger partial charge in [-0.05, 0) is 64.9 Å². The van der Waals surface area contributed by atoms with Crippen LogP contribution in [0.2, 0.25) is 0 Å². The maximum Gasteiger partial charge on any atom is 0.229 e. The molecule has 130 valence electrons. The van der Waals surface area contributed by atoms with E-state index in [1.807, 2.05) is 44.3 Å². The van der Waals surface area contributed by atoms with Gasteiger partial charge in [0, 0.05) is 18.9 Å². The first kappa shape index (κ1) is 17.5. The van der Waals surface area contributed by atoms with Gasteiger partial charge in [0.25, 0.3) is 0 Å². The molecule has 1 aliphatic rings. The Bertz CT molecular complexity index is 811. The molecule has 6 heteroatoms. The number of aryl methyl sites for hydroxylation is 1. The number of anilines is 3. The van der Waals surface area contributed by atoms with Gasteiger partial charge in [0.15, 0.2) is 5.82 Å². The normalized spacial score (nSPS) is 14.1. The number of rotatable bonds is 7. The van der Waals surface area contributed by atoms with Crippen LogP contribution in [0.1, 0.15) is 18.4 Å². The summed E-state index contributed by atoms with van der Waals surface area (Å²) in [7, 11) is 1.88. The molecular weight excluding hydrogens is 378 g/mol. The molecule has 0 spiro atoms. The summed E-state index contributed by atoms with van der Waals surface area (Å²) in [4.78, 5) is 8.91. The van der Waals surface area contributed by atoms with Gasteiger partial charge in [0.2, 0.25) is 5.95 Å². The minimum absolute atomic E-state index is 0.538. The van der Waals surface area contributed by atoms with Crippen molar-refractivity contribution in [1.82, 2.24) is 15.3 Å². The smallest absolute Gasteiger partial charge is 0.229 e. The number of hydrogen-bond donors (Lipinski definition) is 3. The monoisotopic (exact) mass is 399 g/mol. The molecule has 0 unspecified atom stereocenters. The lowest BCUT2D eigenvalue weighted by atomic mass is 10.2. The van der Waals surface area contributed by atoms with Gasteiger partial charge in [-0.2, -0.15) is 4.98 Å². The molecule has 3 N–H and O–H groups in total. The third-order valence-electron chi connectivity index (χ3n) is 4.09. The Hall–Kier alpha value is -2.34. The molecule has 0 bridgehead atoms. The first-order valence-corrected chi connectivity index (χ1v) is 9.06. The second-order valence-electron chi connectivity index (χ2n) is 6.11. The van der Waals surface area contributed by atoms with Crippen molar-refractivity contribution in [3.63, 3.8) is 0 Å². The second kappa shape index (κ2) is 7.70. The molecule has 0 atom stereocenters.